The topological polar surface area (TPSA) is 58.6 Å². The van der Waals surface area contributed by atoms with Gasteiger partial charge in [-0.05, 0) is 49.8 Å². The van der Waals surface area contributed by atoms with E-state index in [0.717, 1.165) is 18.7 Å². The van der Waals surface area contributed by atoms with Crippen LogP contribution in [0.1, 0.15) is 42.7 Å². The van der Waals surface area contributed by atoms with Gasteiger partial charge in [0.2, 0.25) is 5.91 Å². The first-order valence-electron chi connectivity index (χ1n) is 8.97. The van der Waals surface area contributed by atoms with Crippen LogP contribution in [-0.4, -0.2) is 36.5 Å². The molecule has 0 bridgehead atoms. The first kappa shape index (κ1) is 19.7. The van der Waals surface area contributed by atoms with E-state index in [4.69, 9.17) is 4.74 Å². The lowest BCUT2D eigenvalue weighted by atomic mass is 10.0. The van der Waals surface area contributed by atoms with E-state index in [1.54, 1.807) is 31.2 Å². The molecule has 0 saturated heterocycles. The number of likely N-dealkylation sites (N-methyl/N-ethyl adjacent to an activating group) is 1. The summed E-state index contributed by atoms with van der Waals surface area (Å²) in [6.45, 7) is 7.72. The van der Waals surface area contributed by atoms with Crippen molar-refractivity contribution in [1.29, 1.82) is 0 Å². The molecule has 0 saturated carbocycles. The van der Waals surface area contributed by atoms with E-state index in [-0.39, 0.29) is 17.9 Å². The van der Waals surface area contributed by atoms with Crippen molar-refractivity contribution in [2.45, 2.75) is 26.8 Å². The summed E-state index contributed by atoms with van der Waals surface area (Å²) < 4.78 is 4.97. The molecule has 138 valence electrons. The second kappa shape index (κ2) is 9.73. The highest BCUT2D eigenvalue weighted by atomic mass is 16.5. The van der Waals surface area contributed by atoms with Crippen molar-refractivity contribution in [3.05, 3.63) is 65.7 Å². The zero-order chi connectivity index (χ0) is 18.9. The number of anilines is 1. The fraction of sp³-hybridized carbons (Fsp3) is 0.333. The molecule has 5 heteroatoms. The second-order valence-electron chi connectivity index (χ2n) is 5.82. The fourth-order valence-corrected chi connectivity index (χ4v) is 2.87. The first-order valence-corrected chi connectivity index (χ1v) is 8.97. The summed E-state index contributed by atoms with van der Waals surface area (Å²) in [4.78, 5) is 26.8. The zero-order valence-corrected chi connectivity index (χ0v) is 15.6. The molecule has 0 aromatic heterocycles. The number of hydrogen-bond donors (Lipinski definition) is 1. The van der Waals surface area contributed by atoms with Gasteiger partial charge in [0.05, 0.1) is 12.2 Å². The molecule has 26 heavy (non-hydrogen) atoms. The Morgan fingerprint density at radius 3 is 2.12 bits per heavy atom. The number of nitrogens with zero attached hydrogens (tertiary/aromatic N) is 1. The molecular formula is C21H26N2O3. The number of benzene rings is 2. The van der Waals surface area contributed by atoms with E-state index in [0.29, 0.717) is 17.9 Å². The number of carbonyl (C=O) groups excluding carboxylic acids is 2. The van der Waals surface area contributed by atoms with Crippen molar-refractivity contribution in [1.82, 2.24) is 4.90 Å². The summed E-state index contributed by atoms with van der Waals surface area (Å²) in [7, 11) is 0. The maximum atomic E-state index is 12.9. The normalized spacial score (nSPS) is 11.8. The van der Waals surface area contributed by atoms with E-state index in [9.17, 15) is 9.59 Å². The van der Waals surface area contributed by atoms with E-state index in [2.05, 4.69) is 10.2 Å². The summed E-state index contributed by atoms with van der Waals surface area (Å²) in [5.41, 5.74) is 2.07. The van der Waals surface area contributed by atoms with Gasteiger partial charge in [-0.3, -0.25) is 9.69 Å². The van der Waals surface area contributed by atoms with Crippen LogP contribution >= 0.6 is 0 Å². The Hall–Kier alpha value is -2.66. The average molecular weight is 354 g/mol. The van der Waals surface area contributed by atoms with Crippen LogP contribution in [0.15, 0.2) is 54.6 Å². The minimum Gasteiger partial charge on any atom is -0.462 e. The van der Waals surface area contributed by atoms with Gasteiger partial charge in [0.15, 0.2) is 0 Å². The van der Waals surface area contributed by atoms with Crippen LogP contribution < -0.4 is 5.32 Å². The van der Waals surface area contributed by atoms with Crippen molar-refractivity contribution >= 4 is 17.6 Å². The Labute approximate surface area is 155 Å². The predicted molar refractivity (Wildman–Crippen MR) is 103 cm³/mol. The highest BCUT2D eigenvalue weighted by Crippen LogP contribution is 2.23. The standard InChI is InChI=1S/C21H26N2O3/c1-4-23(5-2)19(16-10-8-7-9-11-16)20(24)22-18-14-12-17(13-15-18)21(25)26-6-3/h7-15,19H,4-6H2,1-3H3,(H,22,24). The number of esters is 1. The minimum atomic E-state index is -0.365. The summed E-state index contributed by atoms with van der Waals surface area (Å²) >= 11 is 0. The Bertz CT molecular complexity index is 710. The Kier molecular flexibility index (Phi) is 7.36. The number of nitrogens with one attached hydrogen (secondary N) is 1. The van der Waals surface area contributed by atoms with Gasteiger partial charge in [-0.25, -0.2) is 4.79 Å². The van der Waals surface area contributed by atoms with Gasteiger partial charge in [0.25, 0.3) is 0 Å². The van der Waals surface area contributed by atoms with Crippen LogP contribution in [0.5, 0.6) is 0 Å². The van der Waals surface area contributed by atoms with E-state index in [1.807, 2.05) is 44.2 Å². The molecule has 2 aromatic carbocycles. The molecule has 0 spiro atoms. The van der Waals surface area contributed by atoms with E-state index < -0.39 is 0 Å². The number of rotatable bonds is 8. The number of amides is 1. The third kappa shape index (κ3) is 4.92. The smallest absolute Gasteiger partial charge is 0.338 e. The second-order valence-corrected chi connectivity index (χ2v) is 5.82. The molecule has 0 aliphatic carbocycles. The molecule has 0 radical (unpaired) electrons. The Balaban J connectivity index is 2.17. The van der Waals surface area contributed by atoms with Gasteiger partial charge in [-0.15, -0.1) is 0 Å². The lowest BCUT2D eigenvalue weighted by Crippen LogP contribution is -2.37. The Morgan fingerprint density at radius 1 is 0.962 bits per heavy atom. The number of ether oxygens (including phenoxy) is 1. The lowest BCUT2D eigenvalue weighted by Gasteiger charge is -2.29. The summed E-state index contributed by atoms with van der Waals surface area (Å²) in [5.74, 6) is -0.459. The van der Waals surface area contributed by atoms with Crippen LogP contribution in [0, 0.1) is 0 Å². The molecule has 2 aromatic rings. The van der Waals surface area contributed by atoms with Gasteiger partial charge < -0.3 is 10.1 Å². The van der Waals surface area contributed by atoms with Crippen molar-refractivity contribution in [3.8, 4) is 0 Å². The number of hydrogen-bond acceptors (Lipinski definition) is 4. The molecule has 0 heterocycles. The van der Waals surface area contributed by atoms with Crippen LogP contribution in [0.2, 0.25) is 0 Å². The van der Waals surface area contributed by atoms with Gasteiger partial charge in [0, 0.05) is 5.69 Å². The largest absolute Gasteiger partial charge is 0.462 e. The first-order chi connectivity index (χ1) is 12.6. The average Bonchev–Trinajstić information content (AvgIpc) is 2.67. The fourth-order valence-electron chi connectivity index (χ4n) is 2.87. The minimum absolute atomic E-state index is 0.0937. The SMILES string of the molecule is CCOC(=O)c1ccc(NC(=O)C(c2ccccc2)N(CC)CC)cc1. The van der Waals surface area contributed by atoms with Gasteiger partial charge in [-0.1, -0.05) is 44.2 Å². The monoisotopic (exact) mass is 354 g/mol. The highest BCUT2D eigenvalue weighted by Gasteiger charge is 2.25. The number of carbonyl (C=O) groups is 2. The van der Waals surface area contributed by atoms with Crippen LogP contribution in [-0.2, 0) is 9.53 Å². The van der Waals surface area contributed by atoms with Crippen LogP contribution in [0.25, 0.3) is 0 Å². The molecule has 0 aliphatic heterocycles. The van der Waals surface area contributed by atoms with Crippen molar-refractivity contribution < 1.29 is 14.3 Å². The predicted octanol–water partition coefficient (Wildman–Crippen LogP) is 3.88. The summed E-state index contributed by atoms with van der Waals surface area (Å²) in [6.07, 6.45) is 0. The van der Waals surface area contributed by atoms with E-state index >= 15 is 0 Å². The zero-order valence-electron chi connectivity index (χ0n) is 15.6. The third-order valence-corrected chi connectivity index (χ3v) is 4.20. The van der Waals surface area contributed by atoms with Gasteiger partial charge in [-0.2, -0.15) is 0 Å². The molecule has 2 rings (SSSR count). The quantitative estimate of drug-likeness (QED) is 0.731. The molecule has 5 nitrogen and oxygen atoms in total. The summed E-state index contributed by atoms with van der Waals surface area (Å²) in [6, 6.07) is 16.1. The van der Waals surface area contributed by atoms with E-state index in [1.165, 1.54) is 0 Å². The molecule has 1 unspecified atom stereocenters. The van der Waals surface area contributed by atoms with Gasteiger partial charge in [0.1, 0.15) is 6.04 Å². The molecule has 1 atom stereocenters. The van der Waals surface area contributed by atoms with Crippen molar-refractivity contribution in [3.63, 3.8) is 0 Å². The van der Waals surface area contributed by atoms with Crippen molar-refractivity contribution in [2.75, 3.05) is 25.0 Å². The summed E-state index contributed by atoms with van der Waals surface area (Å²) in [5, 5.41) is 2.96. The molecule has 0 fully saturated rings. The Morgan fingerprint density at radius 2 is 1.58 bits per heavy atom. The molecule has 1 amide bonds. The molecule has 1 N–H and O–H groups in total. The lowest BCUT2D eigenvalue weighted by molar-refractivity contribution is -0.121. The van der Waals surface area contributed by atoms with Crippen molar-refractivity contribution in [2.24, 2.45) is 0 Å². The van der Waals surface area contributed by atoms with Gasteiger partial charge >= 0.3 is 5.97 Å². The highest BCUT2D eigenvalue weighted by molar-refractivity contribution is 5.96. The third-order valence-electron chi connectivity index (χ3n) is 4.20. The van der Waals surface area contributed by atoms with Crippen LogP contribution in [0.4, 0.5) is 5.69 Å². The maximum Gasteiger partial charge on any atom is 0.338 e. The maximum absolute atomic E-state index is 12.9. The molecule has 0 aliphatic rings. The van der Waals surface area contributed by atoms with Crippen LogP contribution in [0.3, 0.4) is 0 Å². The molecular weight excluding hydrogens is 328 g/mol.